The molecule has 5 rings (SSSR count). The maximum atomic E-state index is 15.1. The molecular weight excluding hydrogens is 453 g/mol. The lowest BCUT2D eigenvalue weighted by atomic mass is 10.0. The number of aliphatic hydroxyl groups excluding tert-OH is 1. The second kappa shape index (κ2) is 8.80. The first-order valence-electron chi connectivity index (χ1n) is 10.9. The van der Waals surface area contributed by atoms with Crippen molar-refractivity contribution in [3.63, 3.8) is 0 Å². The Morgan fingerprint density at radius 2 is 2.24 bits per heavy atom. The van der Waals surface area contributed by atoms with Crippen LogP contribution in [0.4, 0.5) is 16.2 Å². The van der Waals surface area contributed by atoms with Crippen LogP contribution in [0.1, 0.15) is 49.9 Å². The van der Waals surface area contributed by atoms with E-state index >= 15 is 4.39 Å². The van der Waals surface area contributed by atoms with E-state index in [0.717, 1.165) is 12.8 Å². The van der Waals surface area contributed by atoms with E-state index in [-0.39, 0.29) is 5.54 Å². The number of halogens is 2. The first-order chi connectivity index (χ1) is 15.8. The van der Waals surface area contributed by atoms with Crippen molar-refractivity contribution < 1.29 is 19.0 Å². The normalized spacial score (nSPS) is 24.9. The van der Waals surface area contributed by atoms with Crippen LogP contribution in [0.25, 0.3) is 5.65 Å². The first kappa shape index (κ1) is 22.5. The number of fused-ring (bicyclic) bond motifs is 1. The van der Waals surface area contributed by atoms with Crippen LogP contribution in [0.3, 0.4) is 0 Å². The predicted octanol–water partition coefficient (Wildman–Crippen LogP) is 3.01. The van der Waals surface area contributed by atoms with Gasteiger partial charge in [0, 0.05) is 36.5 Å². The molecule has 0 bridgehead atoms. The summed E-state index contributed by atoms with van der Waals surface area (Å²) in [6, 6.07) is 1.76. The van der Waals surface area contributed by atoms with Crippen LogP contribution >= 0.6 is 11.6 Å². The van der Waals surface area contributed by atoms with Gasteiger partial charge in [-0.3, -0.25) is 14.8 Å². The number of aromatic nitrogens is 5. The fraction of sp³-hybridized carbons (Fsp3) is 0.571. The molecule has 33 heavy (non-hydrogen) atoms. The molecule has 3 heterocycles. The minimum atomic E-state index is -1.26. The lowest BCUT2D eigenvalue weighted by molar-refractivity contribution is -0.170. The highest BCUT2D eigenvalue weighted by Crippen LogP contribution is 2.40. The van der Waals surface area contributed by atoms with Crippen molar-refractivity contribution in [1.82, 2.24) is 29.9 Å². The maximum absolute atomic E-state index is 15.1. The number of H-pyrrole nitrogens is 1. The van der Waals surface area contributed by atoms with E-state index < -0.39 is 24.6 Å². The molecule has 0 radical (unpaired) electrons. The zero-order chi connectivity index (χ0) is 23.2. The molecule has 0 saturated heterocycles. The Morgan fingerprint density at radius 3 is 3.00 bits per heavy atom. The molecule has 2 aliphatic carbocycles. The SMILES string of the molecule is COCc1cn2c(Nc3cc([C@@H]4CC[C@H](OC(O)NC5(C)CC5)[C@@H]4F)[nH]n3)ncc(Cl)c2n1. The standard InChI is InChI=1S/C21H27ClFN7O3/c1-21(5-6-21)27-20(31)33-15-4-3-12(17(15)23)14-7-16(29-28-14)26-19-24-8-13(22)18-25-11(10-32-2)9-30(18)19/h7-9,12,15,17,20,27,31H,3-6,10H2,1-2H3,(H2,24,26,28,29)/t12-,15-,17+,20?/m0/s1. The number of alkyl halides is 1. The van der Waals surface area contributed by atoms with Crippen LogP contribution in [0.2, 0.25) is 5.02 Å². The van der Waals surface area contributed by atoms with Crippen molar-refractivity contribution in [2.45, 2.75) is 69.4 Å². The van der Waals surface area contributed by atoms with Gasteiger partial charge in [-0.2, -0.15) is 5.10 Å². The van der Waals surface area contributed by atoms with Crippen molar-refractivity contribution in [3.05, 3.63) is 34.9 Å². The third-order valence-corrected chi connectivity index (χ3v) is 6.57. The lowest BCUT2D eigenvalue weighted by Crippen LogP contribution is -2.43. The Balaban J connectivity index is 1.26. The number of anilines is 2. The zero-order valence-electron chi connectivity index (χ0n) is 18.4. The van der Waals surface area contributed by atoms with E-state index in [4.69, 9.17) is 21.1 Å². The number of nitrogens with zero attached hydrogens (tertiary/aromatic N) is 4. The van der Waals surface area contributed by atoms with E-state index in [9.17, 15) is 5.11 Å². The number of methoxy groups -OCH3 is 1. The van der Waals surface area contributed by atoms with Crippen LogP contribution in [0, 0.1) is 0 Å². The summed E-state index contributed by atoms with van der Waals surface area (Å²) in [4.78, 5) is 8.78. The highest BCUT2D eigenvalue weighted by atomic mass is 35.5. The molecule has 4 atom stereocenters. The predicted molar refractivity (Wildman–Crippen MR) is 119 cm³/mol. The van der Waals surface area contributed by atoms with Gasteiger partial charge < -0.3 is 19.9 Å². The molecule has 2 aliphatic rings. The number of aromatic amines is 1. The second-order valence-electron chi connectivity index (χ2n) is 8.98. The molecule has 0 aromatic carbocycles. The fourth-order valence-electron chi connectivity index (χ4n) is 4.23. The van der Waals surface area contributed by atoms with Crippen molar-refractivity contribution in [3.8, 4) is 0 Å². The highest BCUT2D eigenvalue weighted by Gasteiger charge is 2.43. The molecule has 1 unspecified atom stereocenters. The molecule has 10 nitrogen and oxygen atoms in total. The van der Waals surface area contributed by atoms with Gasteiger partial charge in [-0.1, -0.05) is 11.6 Å². The van der Waals surface area contributed by atoms with Gasteiger partial charge >= 0.3 is 0 Å². The first-order valence-corrected chi connectivity index (χ1v) is 11.3. The zero-order valence-corrected chi connectivity index (χ0v) is 19.1. The van der Waals surface area contributed by atoms with E-state index in [1.54, 1.807) is 23.8 Å². The van der Waals surface area contributed by atoms with Gasteiger partial charge in [-0.05, 0) is 32.6 Å². The second-order valence-corrected chi connectivity index (χ2v) is 9.39. The summed E-state index contributed by atoms with van der Waals surface area (Å²) in [5.41, 5.74) is 1.81. The van der Waals surface area contributed by atoms with E-state index in [0.29, 0.717) is 53.3 Å². The Bertz CT molecular complexity index is 1130. The number of hydrogen-bond acceptors (Lipinski definition) is 8. The molecular formula is C21H27ClFN7O3. The van der Waals surface area contributed by atoms with Gasteiger partial charge in [0.15, 0.2) is 11.5 Å². The summed E-state index contributed by atoms with van der Waals surface area (Å²) in [5.74, 6) is 0.555. The number of rotatable bonds is 9. The summed E-state index contributed by atoms with van der Waals surface area (Å²) in [6.07, 6.45) is 3.24. The van der Waals surface area contributed by atoms with Crippen molar-refractivity contribution in [1.29, 1.82) is 0 Å². The summed E-state index contributed by atoms with van der Waals surface area (Å²) in [7, 11) is 1.59. The minimum absolute atomic E-state index is 0.103. The van der Waals surface area contributed by atoms with Gasteiger partial charge in [0.25, 0.3) is 0 Å². The van der Waals surface area contributed by atoms with Crippen molar-refractivity contribution in [2.75, 3.05) is 12.4 Å². The average molecular weight is 480 g/mol. The Labute approximate surface area is 194 Å². The lowest BCUT2D eigenvalue weighted by Gasteiger charge is -2.23. The number of imidazole rings is 1. The molecule has 3 aromatic rings. The van der Waals surface area contributed by atoms with Crippen molar-refractivity contribution >= 4 is 29.0 Å². The van der Waals surface area contributed by atoms with Gasteiger partial charge in [-0.25, -0.2) is 14.4 Å². The molecule has 4 N–H and O–H groups in total. The number of nitrogens with one attached hydrogen (secondary N) is 3. The van der Waals surface area contributed by atoms with Crippen molar-refractivity contribution in [2.24, 2.45) is 0 Å². The smallest absolute Gasteiger partial charge is 0.214 e. The molecule has 12 heteroatoms. The van der Waals surface area contributed by atoms with Gasteiger partial charge in [0.2, 0.25) is 12.4 Å². The number of aliphatic hydroxyl groups is 1. The van der Waals surface area contributed by atoms with Gasteiger partial charge in [0.05, 0.1) is 24.6 Å². The average Bonchev–Trinajstić information content (AvgIpc) is 3.15. The molecule has 3 aromatic heterocycles. The number of hydrogen-bond donors (Lipinski definition) is 4. The molecule has 0 spiro atoms. The minimum Gasteiger partial charge on any atom is -0.378 e. The van der Waals surface area contributed by atoms with Crippen LogP contribution in [-0.4, -0.2) is 61.0 Å². The van der Waals surface area contributed by atoms with E-state index in [1.807, 2.05) is 6.92 Å². The monoisotopic (exact) mass is 479 g/mol. The van der Waals surface area contributed by atoms with E-state index in [2.05, 4.69) is 30.8 Å². The largest absolute Gasteiger partial charge is 0.378 e. The molecule has 0 aliphatic heterocycles. The maximum Gasteiger partial charge on any atom is 0.214 e. The fourth-order valence-corrected chi connectivity index (χ4v) is 4.41. The molecule has 178 valence electrons. The Morgan fingerprint density at radius 1 is 1.42 bits per heavy atom. The van der Waals surface area contributed by atoms with Gasteiger partial charge in [-0.15, -0.1) is 0 Å². The highest BCUT2D eigenvalue weighted by molar-refractivity contribution is 6.33. The molecule has 2 saturated carbocycles. The third-order valence-electron chi connectivity index (χ3n) is 6.30. The quantitative estimate of drug-likeness (QED) is 0.345. The number of ether oxygens (including phenoxy) is 2. The Hall–Kier alpha value is -2.31. The summed E-state index contributed by atoms with van der Waals surface area (Å²) >= 11 is 6.23. The van der Waals surface area contributed by atoms with Crippen LogP contribution < -0.4 is 10.6 Å². The summed E-state index contributed by atoms with van der Waals surface area (Å²) < 4.78 is 27.5. The van der Waals surface area contributed by atoms with Crippen LogP contribution in [0.5, 0.6) is 0 Å². The van der Waals surface area contributed by atoms with Crippen LogP contribution in [0.15, 0.2) is 18.5 Å². The van der Waals surface area contributed by atoms with Gasteiger partial charge in [0.1, 0.15) is 11.2 Å². The molecule has 0 amide bonds. The topological polar surface area (TPSA) is 122 Å². The summed E-state index contributed by atoms with van der Waals surface area (Å²) in [5, 5.41) is 23.8. The Kier molecular flexibility index (Phi) is 6.00. The molecule has 2 fully saturated rings. The summed E-state index contributed by atoms with van der Waals surface area (Å²) in [6.45, 7) is 2.35. The third kappa shape index (κ3) is 4.69. The van der Waals surface area contributed by atoms with E-state index in [1.165, 1.54) is 6.20 Å². The van der Waals surface area contributed by atoms with Crippen LogP contribution in [-0.2, 0) is 16.1 Å².